The molecule has 1 amide bonds. The number of nitrogens with one attached hydrogen (secondary N) is 1. The van der Waals surface area contributed by atoms with E-state index in [9.17, 15) is 4.79 Å². The van der Waals surface area contributed by atoms with Crippen molar-refractivity contribution in [3.8, 4) is 0 Å². The molecule has 3 heterocycles. The fraction of sp³-hybridized carbons (Fsp3) is 0.0833. The highest BCUT2D eigenvalue weighted by molar-refractivity contribution is 7.10. The Morgan fingerprint density at radius 3 is 3.06 bits per heavy atom. The van der Waals surface area contributed by atoms with Crippen LogP contribution < -0.4 is 5.32 Å². The Kier molecular flexibility index (Phi) is 2.77. The van der Waals surface area contributed by atoms with Gasteiger partial charge < -0.3 is 0 Å². The third-order valence-electron chi connectivity index (χ3n) is 2.48. The lowest BCUT2D eigenvalue weighted by molar-refractivity contribution is -0.115. The molecule has 0 radical (unpaired) electrons. The molecule has 5 nitrogen and oxygen atoms in total. The third-order valence-corrected chi connectivity index (χ3v) is 3.36. The zero-order valence-corrected chi connectivity index (χ0v) is 10.2. The van der Waals surface area contributed by atoms with Crippen molar-refractivity contribution >= 4 is 28.8 Å². The van der Waals surface area contributed by atoms with Crippen LogP contribution in [-0.2, 0) is 11.2 Å². The number of anilines is 1. The molecule has 0 unspecified atom stereocenters. The number of amides is 1. The van der Waals surface area contributed by atoms with E-state index in [4.69, 9.17) is 0 Å². The van der Waals surface area contributed by atoms with Gasteiger partial charge in [0.25, 0.3) is 0 Å². The van der Waals surface area contributed by atoms with E-state index < -0.39 is 0 Å². The van der Waals surface area contributed by atoms with Crippen LogP contribution in [0, 0.1) is 0 Å². The summed E-state index contributed by atoms with van der Waals surface area (Å²) in [4.78, 5) is 12.9. The lowest BCUT2D eigenvalue weighted by Crippen LogP contribution is -2.15. The molecule has 3 aromatic heterocycles. The number of hydrogen-bond acceptors (Lipinski definition) is 4. The van der Waals surface area contributed by atoms with Crippen LogP contribution in [0.15, 0.2) is 41.9 Å². The summed E-state index contributed by atoms with van der Waals surface area (Å²) in [5, 5.41) is 12.6. The van der Waals surface area contributed by atoms with Crippen LogP contribution in [0.5, 0.6) is 0 Å². The van der Waals surface area contributed by atoms with Gasteiger partial charge >= 0.3 is 0 Å². The summed E-state index contributed by atoms with van der Waals surface area (Å²) in [7, 11) is 0. The number of thiophene rings is 1. The second kappa shape index (κ2) is 4.58. The van der Waals surface area contributed by atoms with Gasteiger partial charge in [-0.25, -0.2) is 0 Å². The number of hydrogen-bond donors (Lipinski definition) is 1. The van der Waals surface area contributed by atoms with Crippen LogP contribution in [0.1, 0.15) is 4.88 Å². The van der Waals surface area contributed by atoms with Crippen LogP contribution in [0.25, 0.3) is 5.65 Å². The molecule has 0 aromatic carbocycles. The molecule has 3 aromatic rings. The highest BCUT2D eigenvalue weighted by atomic mass is 32.1. The van der Waals surface area contributed by atoms with Crippen LogP contribution in [0.2, 0.25) is 0 Å². The fourth-order valence-corrected chi connectivity index (χ4v) is 2.37. The van der Waals surface area contributed by atoms with Crippen molar-refractivity contribution in [2.45, 2.75) is 6.42 Å². The maximum Gasteiger partial charge on any atom is 0.235 e. The second-order valence-corrected chi connectivity index (χ2v) is 4.79. The Bertz CT molecular complexity index is 674. The normalized spacial score (nSPS) is 10.7. The SMILES string of the molecule is O=C(Cc1cccs1)Nc1nnc2ccccn12. The fourth-order valence-electron chi connectivity index (χ4n) is 1.67. The summed E-state index contributed by atoms with van der Waals surface area (Å²) in [6.45, 7) is 0. The summed E-state index contributed by atoms with van der Waals surface area (Å²) < 4.78 is 1.74. The Morgan fingerprint density at radius 2 is 2.22 bits per heavy atom. The average molecular weight is 258 g/mol. The highest BCUT2D eigenvalue weighted by Gasteiger charge is 2.09. The van der Waals surface area contributed by atoms with Gasteiger partial charge in [0.05, 0.1) is 6.42 Å². The predicted octanol–water partition coefficient (Wildman–Crippen LogP) is 1.97. The maximum absolute atomic E-state index is 11.8. The van der Waals surface area contributed by atoms with E-state index in [0.717, 1.165) is 4.88 Å². The van der Waals surface area contributed by atoms with Gasteiger partial charge in [0.15, 0.2) is 5.65 Å². The first kappa shape index (κ1) is 10.9. The van der Waals surface area contributed by atoms with Gasteiger partial charge in [0.2, 0.25) is 11.9 Å². The highest BCUT2D eigenvalue weighted by Crippen LogP contribution is 2.11. The third kappa shape index (κ3) is 2.10. The van der Waals surface area contributed by atoms with Gasteiger partial charge in [-0.05, 0) is 23.6 Å². The van der Waals surface area contributed by atoms with Gasteiger partial charge in [-0.15, -0.1) is 21.5 Å². The van der Waals surface area contributed by atoms with Gasteiger partial charge in [0.1, 0.15) is 0 Å². The Hall–Kier alpha value is -2.21. The molecule has 0 saturated heterocycles. The van der Waals surface area contributed by atoms with E-state index in [-0.39, 0.29) is 5.91 Å². The quantitative estimate of drug-likeness (QED) is 0.781. The molecule has 0 spiro atoms. The van der Waals surface area contributed by atoms with Crippen molar-refractivity contribution in [1.82, 2.24) is 14.6 Å². The Morgan fingerprint density at radius 1 is 1.28 bits per heavy atom. The minimum atomic E-state index is -0.0874. The molecule has 6 heteroatoms. The number of nitrogens with zero attached hydrogens (tertiary/aromatic N) is 3. The molecule has 90 valence electrons. The van der Waals surface area contributed by atoms with Crippen molar-refractivity contribution in [3.63, 3.8) is 0 Å². The van der Waals surface area contributed by atoms with Crippen molar-refractivity contribution < 1.29 is 4.79 Å². The van der Waals surface area contributed by atoms with Crippen molar-refractivity contribution in [3.05, 3.63) is 46.8 Å². The zero-order valence-electron chi connectivity index (χ0n) is 9.41. The van der Waals surface area contributed by atoms with E-state index in [2.05, 4.69) is 15.5 Å². The lowest BCUT2D eigenvalue weighted by atomic mass is 10.3. The molecule has 3 rings (SSSR count). The number of pyridine rings is 1. The van der Waals surface area contributed by atoms with Gasteiger partial charge in [0, 0.05) is 11.1 Å². The molecule has 1 N–H and O–H groups in total. The monoisotopic (exact) mass is 258 g/mol. The second-order valence-electron chi connectivity index (χ2n) is 3.76. The molecule has 18 heavy (non-hydrogen) atoms. The molecular formula is C12H10N4OS. The molecule has 0 aliphatic rings. The number of carbonyl (C=O) groups excluding carboxylic acids is 1. The molecular weight excluding hydrogens is 248 g/mol. The smallest absolute Gasteiger partial charge is 0.235 e. The number of aromatic nitrogens is 3. The molecule has 0 aliphatic carbocycles. The number of carbonyl (C=O) groups is 1. The minimum absolute atomic E-state index is 0.0874. The largest absolute Gasteiger partial charge is 0.294 e. The molecule has 0 aliphatic heterocycles. The van der Waals surface area contributed by atoms with Gasteiger partial charge in [-0.1, -0.05) is 12.1 Å². The first-order valence-corrected chi connectivity index (χ1v) is 6.33. The number of fused-ring (bicyclic) bond motifs is 1. The van der Waals surface area contributed by atoms with E-state index in [1.54, 1.807) is 15.7 Å². The van der Waals surface area contributed by atoms with Crippen LogP contribution in [0.4, 0.5) is 5.95 Å². The van der Waals surface area contributed by atoms with Crippen molar-refractivity contribution in [2.24, 2.45) is 0 Å². The molecule has 0 atom stereocenters. The maximum atomic E-state index is 11.8. The summed E-state index contributed by atoms with van der Waals surface area (Å²) in [6.07, 6.45) is 2.18. The van der Waals surface area contributed by atoms with Crippen LogP contribution in [-0.4, -0.2) is 20.5 Å². The first-order chi connectivity index (χ1) is 8.83. The Labute approximate surface area is 107 Å². The summed E-state index contributed by atoms with van der Waals surface area (Å²) in [5.41, 5.74) is 0.712. The van der Waals surface area contributed by atoms with Crippen LogP contribution in [0.3, 0.4) is 0 Å². The molecule has 0 fully saturated rings. The minimum Gasteiger partial charge on any atom is -0.294 e. The van der Waals surface area contributed by atoms with Crippen molar-refractivity contribution in [1.29, 1.82) is 0 Å². The van der Waals surface area contributed by atoms with E-state index >= 15 is 0 Å². The topological polar surface area (TPSA) is 59.3 Å². The molecule has 0 saturated carbocycles. The number of rotatable bonds is 3. The summed E-state index contributed by atoms with van der Waals surface area (Å²) >= 11 is 1.56. The standard InChI is InChI=1S/C12H10N4OS/c17-11(8-9-4-3-7-18-9)13-12-15-14-10-5-1-2-6-16(10)12/h1-7H,8H2,(H,13,15,17). The average Bonchev–Trinajstić information content (AvgIpc) is 3.00. The summed E-state index contributed by atoms with van der Waals surface area (Å²) in [5.74, 6) is 0.364. The molecule has 0 bridgehead atoms. The van der Waals surface area contributed by atoms with E-state index in [0.29, 0.717) is 18.0 Å². The van der Waals surface area contributed by atoms with Crippen LogP contribution >= 0.6 is 11.3 Å². The van der Waals surface area contributed by atoms with Crippen molar-refractivity contribution in [2.75, 3.05) is 5.32 Å². The van der Waals surface area contributed by atoms with Gasteiger partial charge in [-0.2, -0.15) is 0 Å². The zero-order chi connectivity index (χ0) is 12.4. The van der Waals surface area contributed by atoms with E-state index in [1.807, 2.05) is 41.9 Å². The van der Waals surface area contributed by atoms with E-state index in [1.165, 1.54) is 0 Å². The lowest BCUT2D eigenvalue weighted by Gasteiger charge is -2.01. The first-order valence-electron chi connectivity index (χ1n) is 5.45. The Balaban J connectivity index is 1.78. The predicted molar refractivity (Wildman–Crippen MR) is 69.6 cm³/mol. The summed E-state index contributed by atoms with van der Waals surface area (Å²) in [6, 6.07) is 9.44. The van der Waals surface area contributed by atoms with Gasteiger partial charge in [-0.3, -0.25) is 14.5 Å².